The van der Waals surface area contributed by atoms with Crippen molar-refractivity contribution in [1.82, 2.24) is 4.98 Å². The molecule has 1 heterocycles. The third-order valence-corrected chi connectivity index (χ3v) is 6.33. The first-order chi connectivity index (χ1) is 17.1. The highest BCUT2D eigenvalue weighted by Gasteiger charge is 2.16. The summed E-state index contributed by atoms with van der Waals surface area (Å²) in [6, 6.07) is 15.3. The van der Waals surface area contributed by atoms with Gasteiger partial charge in [0.2, 0.25) is 11.7 Å². The van der Waals surface area contributed by atoms with Crippen LogP contribution in [-0.4, -0.2) is 11.6 Å². The number of hydrogen-bond donors (Lipinski definition) is 0. The Morgan fingerprint density at radius 3 is 2.23 bits per heavy atom. The predicted molar refractivity (Wildman–Crippen MR) is 138 cm³/mol. The summed E-state index contributed by atoms with van der Waals surface area (Å²) in [6.45, 7) is 2.59. The average molecular weight is 498 g/mol. The van der Waals surface area contributed by atoms with Crippen molar-refractivity contribution in [3.05, 3.63) is 71.3 Å². The molecule has 0 N–H and O–H groups in total. The lowest BCUT2D eigenvalue weighted by Gasteiger charge is -2.11. The molecule has 3 aromatic carbocycles. The quantitative estimate of drug-likeness (QED) is 0.183. The minimum absolute atomic E-state index is 0.0454. The molecule has 3 nitrogen and oxygen atoms in total. The fraction of sp³-hybridized carbons (Fsp3) is 0.345. The van der Waals surface area contributed by atoms with Gasteiger partial charge in [-0.25, -0.2) is 9.37 Å². The van der Waals surface area contributed by atoms with Gasteiger partial charge >= 0.3 is 0 Å². The van der Waals surface area contributed by atoms with Crippen molar-refractivity contribution in [2.75, 3.05) is 6.61 Å². The second-order valence-corrected chi connectivity index (χ2v) is 9.21. The third kappa shape index (κ3) is 6.40. The summed E-state index contributed by atoms with van der Waals surface area (Å²) in [4.78, 5) is 4.45. The summed E-state index contributed by atoms with van der Waals surface area (Å²) < 4.78 is 40.8. The SMILES string of the molecule is CCCCCCCCCCOc1ccc(-c2ccc(-c3nc4cc(Cl)ccc4o3)cc2)c(F)c1F. The van der Waals surface area contributed by atoms with Crippen LogP contribution in [-0.2, 0) is 0 Å². The summed E-state index contributed by atoms with van der Waals surface area (Å²) in [5.41, 5.74) is 2.75. The molecule has 0 saturated heterocycles. The van der Waals surface area contributed by atoms with Crippen molar-refractivity contribution < 1.29 is 17.9 Å². The lowest BCUT2D eigenvalue weighted by molar-refractivity contribution is 0.285. The number of hydrogen-bond acceptors (Lipinski definition) is 3. The van der Waals surface area contributed by atoms with Crippen LogP contribution in [0.3, 0.4) is 0 Å². The van der Waals surface area contributed by atoms with Gasteiger partial charge in [0.25, 0.3) is 0 Å². The lowest BCUT2D eigenvalue weighted by Crippen LogP contribution is -2.01. The van der Waals surface area contributed by atoms with E-state index in [2.05, 4.69) is 11.9 Å². The predicted octanol–water partition coefficient (Wildman–Crippen LogP) is 9.61. The van der Waals surface area contributed by atoms with Gasteiger partial charge in [0, 0.05) is 16.1 Å². The van der Waals surface area contributed by atoms with E-state index in [-0.39, 0.29) is 11.3 Å². The number of fused-ring (bicyclic) bond motifs is 1. The minimum atomic E-state index is -0.957. The molecule has 0 amide bonds. The number of halogens is 3. The Hall–Kier alpha value is -2.92. The van der Waals surface area contributed by atoms with Gasteiger partial charge in [0.15, 0.2) is 17.1 Å². The molecule has 4 rings (SSSR count). The van der Waals surface area contributed by atoms with Gasteiger partial charge in [-0.15, -0.1) is 0 Å². The number of aromatic nitrogens is 1. The standard InChI is InChI=1S/C29H30ClF2NO2/c1-2-3-4-5-6-7-8-9-18-34-26-17-15-23(27(31)28(26)32)20-10-12-21(13-11-20)29-33-24-19-22(30)14-16-25(24)35-29/h10-17,19H,2-9,18H2,1H3. The zero-order chi connectivity index (χ0) is 24.6. The molecule has 0 atom stereocenters. The van der Waals surface area contributed by atoms with E-state index in [4.69, 9.17) is 20.8 Å². The molecular weight excluding hydrogens is 468 g/mol. The summed E-state index contributed by atoms with van der Waals surface area (Å²) >= 11 is 6.01. The number of oxazole rings is 1. The second-order valence-electron chi connectivity index (χ2n) is 8.77. The highest BCUT2D eigenvalue weighted by atomic mass is 35.5. The van der Waals surface area contributed by atoms with Crippen molar-refractivity contribution in [1.29, 1.82) is 0 Å². The Balaban J connectivity index is 1.35. The Morgan fingerprint density at radius 2 is 1.49 bits per heavy atom. The Morgan fingerprint density at radius 1 is 0.800 bits per heavy atom. The fourth-order valence-corrected chi connectivity index (χ4v) is 4.27. The van der Waals surface area contributed by atoms with Gasteiger partial charge in [-0.3, -0.25) is 0 Å². The zero-order valence-electron chi connectivity index (χ0n) is 20.0. The maximum atomic E-state index is 14.8. The van der Waals surface area contributed by atoms with E-state index in [1.54, 1.807) is 48.5 Å². The zero-order valence-corrected chi connectivity index (χ0v) is 20.7. The molecule has 184 valence electrons. The van der Waals surface area contributed by atoms with Crippen LogP contribution in [0.15, 0.2) is 59.0 Å². The molecule has 0 bridgehead atoms. The maximum Gasteiger partial charge on any atom is 0.227 e. The van der Waals surface area contributed by atoms with Gasteiger partial charge in [-0.1, -0.05) is 75.6 Å². The number of nitrogens with zero attached hydrogens (tertiary/aromatic N) is 1. The van der Waals surface area contributed by atoms with E-state index < -0.39 is 11.6 Å². The van der Waals surface area contributed by atoms with Crippen molar-refractivity contribution in [2.45, 2.75) is 58.3 Å². The van der Waals surface area contributed by atoms with Crippen molar-refractivity contribution in [3.8, 4) is 28.3 Å². The topological polar surface area (TPSA) is 35.3 Å². The van der Waals surface area contributed by atoms with Crippen LogP contribution in [0.5, 0.6) is 5.75 Å². The molecule has 0 saturated carbocycles. The molecule has 0 radical (unpaired) electrons. The Bertz CT molecular complexity index is 1250. The van der Waals surface area contributed by atoms with Gasteiger partial charge < -0.3 is 9.15 Å². The summed E-state index contributed by atoms with van der Waals surface area (Å²) in [6.07, 6.45) is 9.33. The molecule has 6 heteroatoms. The van der Waals surface area contributed by atoms with Crippen LogP contribution in [0.2, 0.25) is 5.02 Å². The molecular formula is C29H30ClF2NO2. The Labute approximate surface area is 210 Å². The fourth-order valence-electron chi connectivity index (χ4n) is 4.10. The van der Waals surface area contributed by atoms with E-state index in [9.17, 15) is 8.78 Å². The molecule has 0 unspecified atom stereocenters. The molecule has 4 aromatic rings. The molecule has 0 aliphatic carbocycles. The third-order valence-electron chi connectivity index (χ3n) is 6.09. The van der Waals surface area contributed by atoms with Crippen LogP contribution < -0.4 is 4.74 Å². The van der Waals surface area contributed by atoms with E-state index in [1.165, 1.54) is 38.2 Å². The molecule has 1 aromatic heterocycles. The normalized spacial score (nSPS) is 11.3. The first-order valence-electron chi connectivity index (χ1n) is 12.3. The number of rotatable bonds is 12. The monoisotopic (exact) mass is 497 g/mol. The molecule has 0 aliphatic heterocycles. The van der Waals surface area contributed by atoms with Crippen molar-refractivity contribution in [2.24, 2.45) is 0 Å². The smallest absolute Gasteiger partial charge is 0.227 e. The second kappa shape index (κ2) is 12.2. The molecule has 0 aliphatic rings. The summed E-state index contributed by atoms with van der Waals surface area (Å²) in [7, 11) is 0. The van der Waals surface area contributed by atoms with Crippen LogP contribution in [0, 0.1) is 11.6 Å². The summed E-state index contributed by atoms with van der Waals surface area (Å²) in [5.74, 6) is -1.48. The van der Waals surface area contributed by atoms with Gasteiger partial charge in [0.05, 0.1) is 6.61 Å². The number of unbranched alkanes of at least 4 members (excludes halogenated alkanes) is 7. The number of benzene rings is 3. The van der Waals surface area contributed by atoms with Gasteiger partial charge in [-0.05, 0) is 54.4 Å². The van der Waals surface area contributed by atoms with E-state index in [0.29, 0.717) is 34.2 Å². The number of ether oxygens (including phenoxy) is 1. The minimum Gasteiger partial charge on any atom is -0.490 e. The molecule has 0 fully saturated rings. The summed E-state index contributed by atoms with van der Waals surface area (Å²) in [5, 5.41) is 0.579. The first-order valence-corrected chi connectivity index (χ1v) is 12.7. The first kappa shape index (κ1) is 25.2. The highest BCUT2D eigenvalue weighted by Crippen LogP contribution is 2.32. The van der Waals surface area contributed by atoms with Crippen LogP contribution in [0.25, 0.3) is 33.7 Å². The van der Waals surface area contributed by atoms with Crippen molar-refractivity contribution in [3.63, 3.8) is 0 Å². The van der Waals surface area contributed by atoms with Crippen LogP contribution in [0.1, 0.15) is 58.3 Å². The lowest BCUT2D eigenvalue weighted by atomic mass is 10.0. The average Bonchev–Trinajstić information content (AvgIpc) is 3.29. The van der Waals surface area contributed by atoms with E-state index in [0.717, 1.165) is 24.8 Å². The van der Waals surface area contributed by atoms with Gasteiger partial charge in [-0.2, -0.15) is 4.39 Å². The van der Waals surface area contributed by atoms with Gasteiger partial charge in [0.1, 0.15) is 5.52 Å². The largest absolute Gasteiger partial charge is 0.490 e. The van der Waals surface area contributed by atoms with Crippen molar-refractivity contribution >= 4 is 22.7 Å². The van der Waals surface area contributed by atoms with Crippen LogP contribution in [0.4, 0.5) is 8.78 Å². The Kier molecular flexibility index (Phi) is 8.75. The van der Waals surface area contributed by atoms with E-state index in [1.807, 2.05) is 0 Å². The maximum absolute atomic E-state index is 14.8. The van der Waals surface area contributed by atoms with Crippen LogP contribution >= 0.6 is 11.6 Å². The highest BCUT2D eigenvalue weighted by molar-refractivity contribution is 6.31. The molecule has 0 spiro atoms. The molecule has 35 heavy (non-hydrogen) atoms. The van der Waals surface area contributed by atoms with E-state index >= 15 is 0 Å².